The molecule has 96 valence electrons. The average Bonchev–Trinajstić information content (AvgIpc) is 2.62. The summed E-state index contributed by atoms with van der Waals surface area (Å²) in [6, 6.07) is 0.476. The second kappa shape index (κ2) is 5.48. The number of aliphatic hydroxyl groups is 1. The highest BCUT2D eigenvalue weighted by atomic mass is 16.5. The third kappa shape index (κ3) is 3.72. The van der Waals surface area contributed by atoms with Crippen molar-refractivity contribution in [1.29, 1.82) is 0 Å². The van der Waals surface area contributed by atoms with Crippen LogP contribution in [0.1, 0.15) is 40.5 Å². The summed E-state index contributed by atoms with van der Waals surface area (Å²) in [6.07, 6.45) is 1.91. The first kappa shape index (κ1) is 13.9. The highest BCUT2D eigenvalue weighted by Crippen LogP contribution is 2.32. The van der Waals surface area contributed by atoms with Gasteiger partial charge in [-0.05, 0) is 25.2 Å². The van der Waals surface area contributed by atoms with E-state index in [4.69, 9.17) is 9.84 Å². The standard InChI is InChI=1S/C13H27NO2/c1-11(12(2,3)4)14-9-13(5-7-15)6-8-16-10-13/h11,14-15H,5-10H2,1-4H3. The van der Waals surface area contributed by atoms with Crippen LogP contribution in [0.2, 0.25) is 0 Å². The van der Waals surface area contributed by atoms with Gasteiger partial charge in [-0.1, -0.05) is 20.8 Å². The molecule has 0 aliphatic carbocycles. The molecule has 16 heavy (non-hydrogen) atoms. The number of hydrogen-bond acceptors (Lipinski definition) is 3. The summed E-state index contributed by atoms with van der Waals surface area (Å²) in [5.74, 6) is 0. The lowest BCUT2D eigenvalue weighted by atomic mass is 9.82. The maximum atomic E-state index is 9.13. The Morgan fingerprint density at radius 2 is 2.12 bits per heavy atom. The highest BCUT2D eigenvalue weighted by molar-refractivity contribution is 4.87. The summed E-state index contributed by atoms with van der Waals surface area (Å²) in [5, 5.41) is 12.7. The first-order valence-corrected chi connectivity index (χ1v) is 6.32. The van der Waals surface area contributed by atoms with Gasteiger partial charge in [0.1, 0.15) is 0 Å². The zero-order chi connectivity index (χ0) is 12.2. The molecule has 3 nitrogen and oxygen atoms in total. The Morgan fingerprint density at radius 1 is 1.44 bits per heavy atom. The van der Waals surface area contributed by atoms with E-state index >= 15 is 0 Å². The van der Waals surface area contributed by atoms with Crippen molar-refractivity contribution in [3.05, 3.63) is 0 Å². The summed E-state index contributed by atoms with van der Waals surface area (Å²) in [4.78, 5) is 0. The van der Waals surface area contributed by atoms with E-state index in [1.807, 2.05) is 0 Å². The largest absolute Gasteiger partial charge is 0.396 e. The minimum atomic E-state index is 0.161. The molecule has 1 fully saturated rings. The van der Waals surface area contributed by atoms with Gasteiger partial charge >= 0.3 is 0 Å². The van der Waals surface area contributed by atoms with Crippen LogP contribution in [0, 0.1) is 10.8 Å². The van der Waals surface area contributed by atoms with Crippen LogP contribution in [0.5, 0.6) is 0 Å². The van der Waals surface area contributed by atoms with Crippen molar-refractivity contribution in [1.82, 2.24) is 5.32 Å². The predicted molar refractivity (Wildman–Crippen MR) is 66.5 cm³/mol. The number of ether oxygens (including phenoxy) is 1. The van der Waals surface area contributed by atoms with Gasteiger partial charge in [0.2, 0.25) is 0 Å². The third-order valence-corrected chi connectivity index (χ3v) is 3.91. The highest BCUT2D eigenvalue weighted by Gasteiger charge is 2.35. The monoisotopic (exact) mass is 229 g/mol. The minimum Gasteiger partial charge on any atom is -0.396 e. The molecule has 1 aliphatic heterocycles. The van der Waals surface area contributed by atoms with Gasteiger partial charge in [-0.25, -0.2) is 0 Å². The van der Waals surface area contributed by atoms with Crippen molar-refractivity contribution in [3.63, 3.8) is 0 Å². The summed E-state index contributed by atoms with van der Waals surface area (Å²) >= 11 is 0. The van der Waals surface area contributed by atoms with Gasteiger partial charge < -0.3 is 15.2 Å². The molecule has 1 heterocycles. The molecular weight excluding hydrogens is 202 g/mol. The molecule has 0 aromatic rings. The van der Waals surface area contributed by atoms with Crippen LogP contribution in [0.3, 0.4) is 0 Å². The molecule has 0 spiro atoms. The normalized spacial score (nSPS) is 28.3. The SMILES string of the molecule is CC(NCC1(CCO)CCOC1)C(C)(C)C. The van der Waals surface area contributed by atoms with E-state index in [2.05, 4.69) is 33.0 Å². The van der Waals surface area contributed by atoms with E-state index in [-0.39, 0.29) is 17.4 Å². The summed E-state index contributed by atoms with van der Waals surface area (Å²) < 4.78 is 5.48. The molecule has 2 unspecified atom stereocenters. The van der Waals surface area contributed by atoms with Gasteiger partial charge in [0, 0.05) is 31.2 Å². The van der Waals surface area contributed by atoms with E-state index in [1.165, 1.54) is 0 Å². The summed E-state index contributed by atoms with van der Waals surface area (Å²) in [5.41, 5.74) is 0.439. The zero-order valence-electron chi connectivity index (χ0n) is 11.2. The second-order valence-electron chi connectivity index (χ2n) is 6.24. The van der Waals surface area contributed by atoms with Crippen molar-refractivity contribution in [2.24, 2.45) is 10.8 Å². The summed E-state index contributed by atoms with van der Waals surface area (Å²) in [6.45, 7) is 11.8. The van der Waals surface area contributed by atoms with E-state index in [1.54, 1.807) is 0 Å². The molecule has 2 N–H and O–H groups in total. The van der Waals surface area contributed by atoms with Crippen LogP contribution in [-0.4, -0.2) is 37.5 Å². The molecule has 3 heteroatoms. The first-order chi connectivity index (χ1) is 7.40. The fraction of sp³-hybridized carbons (Fsp3) is 1.00. The summed E-state index contributed by atoms with van der Waals surface area (Å²) in [7, 11) is 0. The molecule has 0 radical (unpaired) electrons. The quantitative estimate of drug-likeness (QED) is 0.755. The Balaban J connectivity index is 2.44. The number of aliphatic hydroxyl groups excluding tert-OH is 1. The lowest BCUT2D eigenvalue weighted by Gasteiger charge is -2.33. The average molecular weight is 229 g/mol. The lowest BCUT2D eigenvalue weighted by Crippen LogP contribution is -2.44. The Kier molecular flexibility index (Phi) is 4.77. The molecule has 1 rings (SSSR count). The van der Waals surface area contributed by atoms with Crippen molar-refractivity contribution in [3.8, 4) is 0 Å². The van der Waals surface area contributed by atoms with Gasteiger partial charge in [0.15, 0.2) is 0 Å². The molecule has 1 saturated heterocycles. The van der Waals surface area contributed by atoms with E-state index in [9.17, 15) is 0 Å². The van der Waals surface area contributed by atoms with Crippen molar-refractivity contribution < 1.29 is 9.84 Å². The lowest BCUT2D eigenvalue weighted by molar-refractivity contribution is 0.117. The Morgan fingerprint density at radius 3 is 2.56 bits per heavy atom. The van der Waals surface area contributed by atoms with Crippen molar-refractivity contribution in [2.45, 2.75) is 46.6 Å². The molecule has 0 aromatic carbocycles. The van der Waals surface area contributed by atoms with Crippen LogP contribution >= 0.6 is 0 Å². The molecule has 0 bridgehead atoms. The predicted octanol–water partition coefficient (Wildman–Crippen LogP) is 1.80. The zero-order valence-corrected chi connectivity index (χ0v) is 11.2. The maximum absolute atomic E-state index is 9.13. The van der Waals surface area contributed by atoms with Crippen molar-refractivity contribution >= 4 is 0 Å². The molecule has 0 aromatic heterocycles. The van der Waals surface area contributed by atoms with Crippen LogP contribution in [0.4, 0.5) is 0 Å². The molecule has 0 saturated carbocycles. The van der Waals surface area contributed by atoms with Crippen LogP contribution in [0.15, 0.2) is 0 Å². The van der Waals surface area contributed by atoms with Gasteiger partial charge in [0.05, 0.1) is 6.61 Å². The van der Waals surface area contributed by atoms with Crippen LogP contribution in [-0.2, 0) is 4.74 Å². The Labute approximate surface area is 99.6 Å². The number of rotatable bonds is 5. The first-order valence-electron chi connectivity index (χ1n) is 6.32. The van der Waals surface area contributed by atoms with E-state index in [0.717, 1.165) is 32.6 Å². The Bertz CT molecular complexity index is 204. The van der Waals surface area contributed by atoms with E-state index < -0.39 is 0 Å². The van der Waals surface area contributed by atoms with Gasteiger partial charge in [-0.3, -0.25) is 0 Å². The molecular formula is C13H27NO2. The topological polar surface area (TPSA) is 41.5 Å². The minimum absolute atomic E-state index is 0.161. The van der Waals surface area contributed by atoms with Crippen LogP contribution in [0.25, 0.3) is 0 Å². The third-order valence-electron chi connectivity index (χ3n) is 3.91. The maximum Gasteiger partial charge on any atom is 0.0536 e. The fourth-order valence-corrected chi connectivity index (χ4v) is 1.99. The fourth-order valence-electron chi connectivity index (χ4n) is 1.99. The molecule has 2 atom stereocenters. The van der Waals surface area contributed by atoms with Crippen LogP contribution < -0.4 is 5.32 Å². The van der Waals surface area contributed by atoms with Crippen molar-refractivity contribution in [2.75, 3.05) is 26.4 Å². The van der Waals surface area contributed by atoms with E-state index in [0.29, 0.717) is 6.04 Å². The Hall–Kier alpha value is -0.120. The number of nitrogens with one attached hydrogen (secondary N) is 1. The molecule has 1 aliphatic rings. The van der Waals surface area contributed by atoms with Gasteiger partial charge in [0.25, 0.3) is 0 Å². The second-order valence-corrected chi connectivity index (χ2v) is 6.24. The molecule has 0 amide bonds. The van der Waals surface area contributed by atoms with Gasteiger partial charge in [-0.15, -0.1) is 0 Å². The van der Waals surface area contributed by atoms with Gasteiger partial charge in [-0.2, -0.15) is 0 Å². The number of hydrogen-bond donors (Lipinski definition) is 2. The smallest absolute Gasteiger partial charge is 0.0536 e.